The first-order valence-corrected chi connectivity index (χ1v) is 6.13. The zero-order valence-corrected chi connectivity index (χ0v) is 9.92. The molecular formula is C8H4ClF3N2O3S. The fraction of sp³-hybridized carbons (Fsp3) is 0.125. The standard InChI is InChI=1S/C8H4ClF3N2O3S/c9-5-1-2-6-3-7(13-14(6)4-5)17-18(15,16)8(10,11)12/h1-4H. The summed E-state index contributed by atoms with van der Waals surface area (Å²) in [6.45, 7) is 0. The first kappa shape index (κ1) is 13.0. The molecule has 0 saturated heterocycles. The number of aromatic nitrogens is 2. The molecule has 0 radical (unpaired) electrons. The van der Waals surface area contributed by atoms with Crippen molar-refractivity contribution in [2.24, 2.45) is 0 Å². The van der Waals surface area contributed by atoms with E-state index in [1.165, 1.54) is 18.3 Å². The van der Waals surface area contributed by atoms with Crippen LogP contribution in [0, 0.1) is 0 Å². The summed E-state index contributed by atoms with van der Waals surface area (Å²) in [5.41, 5.74) is -5.16. The van der Waals surface area contributed by atoms with E-state index in [9.17, 15) is 21.6 Å². The van der Waals surface area contributed by atoms with Crippen molar-refractivity contribution >= 4 is 27.2 Å². The Morgan fingerprint density at radius 1 is 1.33 bits per heavy atom. The Labute approximate surface area is 104 Å². The highest BCUT2D eigenvalue weighted by atomic mass is 35.5. The summed E-state index contributed by atoms with van der Waals surface area (Å²) in [4.78, 5) is 0. The first-order chi connectivity index (χ1) is 8.19. The molecule has 0 aromatic carbocycles. The Bertz CT molecular complexity index is 695. The third-order valence-electron chi connectivity index (χ3n) is 1.88. The molecule has 0 aliphatic rings. The van der Waals surface area contributed by atoms with Gasteiger partial charge in [0.15, 0.2) is 0 Å². The van der Waals surface area contributed by atoms with Crippen molar-refractivity contribution in [2.75, 3.05) is 0 Å². The highest BCUT2D eigenvalue weighted by Crippen LogP contribution is 2.27. The van der Waals surface area contributed by atoms with Crippen LogP contribution >= 0.6 is 11.6 Å². The van der Waals surface area contributed by atoms with E-state index < -0.39 is 21.5 Å². The number of nitrogens with zero attached hydrogens (tertiary/aromatic N) is 2. The third-order valence-corrected chi connectivity index (χ3v) is 3.06. The molecule has 0 aliphatic heterocycles. The summed E-state index contributed by atoms with van der Waals surface area (Å²) in [6.07, 6.45) is 1.30. The molecule has 0 atom stereocenters. The number of hydrogen-bond donors (Lipinski definition) is 0. The number of fused-ring (bicyclic) bond motifs is 1. The van der Waals surface area contributed by atoms with E-state index in [0.717, 1.165) is 10.6 Å². The van der Waals surface area contributed by atoms with E-state index in [1.54, 1.807) is 0 Å². The zero-order valence-electron chi connectivity index (χ0n) is 8.35. The van der Waals surface area contributed by atoms with Crippen molar-refractivity contribution in [1.82, 2.24) is 9.61 Å². The summed E-state index contributed by atoms with van der Waals surface area (Å²) < 4.78 is 62.7. The van der Waals surface area contributed by atoms with Crippen LogP contribution in [0.4, 0.5) is 13.2 Å². The predicted octanol–water partition coefficient (Wildman–Crippen LogP) is 2.22. The molecular weight excluding hydrogens is 297 g/mol. The van der Waals surface area contributed by atoms with Gasteiger partial charge < -0.3 is 4.18 Å². The average Bonchev–Trinajstić information content (AvgIpc) is 2.56. The zero-order chi connectivity index (χ0) is 13.6. The number of rotatable bonds is 2. The Hall–Kier alpha value is -1.48. The molecule has 0 unspecified atom stereocenters. The summed E-state index contributed by atoms with van der Waals surface area (Å²) >= 11 is 5.63. The minimum Gasteiger partial charge on any atom is -0.354 e. The molecule has 18 heavy (non-hydrogen) atoms. The van der Waals surface area contributed by atoms with Crippen LogP contribution in [0.3, 0.4) is 0 Å². The van der Waals surface area contributed by atoms with Crippen molar-refractivity contribution in [3.05, 3.63) is 29.4 Å². The lowest BCUT2D eigenvalue weighted by molar-refractivity contribution is -0.0501. The van der Waals surface area contributed by atoms with Gasteiger partial charge in [0.2, 0.25) is 0 Å². The molecule has 0 N–H and O–H groups in total. The maximum atomic E-state index is 12.1. The molecule has 0 bridgehead atoms. The molecule has 5 nitrogen and oxygen atoms in total. The van der Waals surface area contributed by atoms with Gasteiger partial charge in [0.25, 0.3) is 5.88 Å². The van der Waals surface area contributed by atoms with E-state index >= 15 is 0 Å². The minimum absolute atomic E-state index is 0.288. The molecule has 2 aromatic rings. The summed E-state index contributed by atoms with van der Waals surface area (Å²) in [6, 6.07) is 3.96. The van der Waals surface area contributed by atoms with Crippen LogP contribution < -0.4 is 4.18 Å². The lowest BCUT2D eigenvalue weighted by Gasteiger charge is -2.06. The summed E-state index contributed by atoms with van der Waals surface area (Å²) in [7, 11) is -5.72. The minimum atomic E-state index is -5.72. The van der Waals surface area contributed by atoms with Gasteiger partial charge in [-0.15, -0.1) is 5.10 Å². The normalized spacial score (nSPS) is 12.9. The van der Waals surface area contributed by atoms with E-state index in [1.807, 2.05) is 0 Å². The van der Waals surface area contributed by atoms with Gasteiger partial charge in [0.1, 0.15) is 0 Å². The Morgan fingerprint density at radius 3 is 2.61 bits per heavy atom. The van der Waals surface area contributed by atoms with Crippen LogP contribution in [-0.2, 0) is 10.1 Å². The Balaban J connectivity index is 2.39. The fourth-order valence-electron chi connectivity index (χ4n) is 1.14. The summed E-state index contributed by atoms with van der Waals surface area (Å²) in [5.74, 6) is -0.686. The van der Waals surface area contributed by atoms with Gasteiger partial charge in [0, 0.05) is 12.3 Å². The molecule has 0 spiro atoms. The second-order valence-corrected chi connectivity index (χ2v) is 5.16. The van der Waals surface area contributed by atoms with E-state index in [4.69, 9.17) is 11.6 Å². The summed E-state index contributed by atoms with van der Waals surface area (Å²) in [5, 5.41) is 3.79. The van der Waals surface area contributed by atoms with E-state index in [-0.39, 0.29) is 5.02 Å². The number of pyridine rings is 1. The second-order valence-electron chi connectivity index (χ2n) is 3.18. The van der Waals surface area contributed by atoms with Gasteiger partial charge in [-0.3, -0.25) is 0 Å². The maximum Gasteiger partial charge on any atom is 0.534 e. The highest BCUT2D eigenvalue weighted by molar-refractivity contribution is 7.87. The number of halogens is 4. The molecule has 0 fully saturated rings. The monoisotopic (exact) mass is 300 g/mol. The molecule has 2 aromatic heterocycles. The molecule has 2 heterocycles. The lowest BCUT2D eigenvalue weighted by Crippen LogP contribution is -2.28. The second kappa shape index (κ2) is 4.02. The van der Waals surface area contributed by atoms with Crippen molar-refractivity contribution in [3.8, 4) is 5.88 Å². The van der Waals surface area contributed by atoms with Gasteiger partial charge in [-0.2, -0.15) is 21.6 Å². The quantitative estimate of drug-likeness (QED) is 0.630. The SMILES string of the molecule is O=S(=O)(Oc1cc2ccc(Cl)cn2n1)C(F)(F)F. The van der Waals surface area contributed by atoms with Crippen LogP contribution in [0.1, 0.15) is 0 Å². The Kier molecular flexibility index (Phi) is 2.90. The topological polar surface area (TPSA) is 60.7 Å². The van der Waals surface area contributed by atoms with Crippen molar-refractivity contribution in [2.45, 2.75) is 5.51 Å². The van der Waals surface area contributed by atoms with Crippen molar-refractivity contribution in [1.29, 1.82) is 0 Å². The first-order valence-electron chi connectivity index (χ1n) is 4.35. The van der Waals surface area contributed by atoms with Gasteiger partial charge in [-0.25, -0.2) is 4.52 Å². The molecule has 0 amide bonds. The number of alkyl halides is 3. The van der Waals surface area contributed by atoms with E-state index in [0.29, 0.717) is 5.52 Å². The van der Waals surface area contributed by atoms with Gasteiger partial charge >= 0.3 is 15.6 Å². The molecule has 0 saturated carbocycles. The highest BCUT2D eigenvalue weighted by Gasteiger charge is 2.49. The van der Waals surface area contributed by atoms with Crippen LogP contribution in [0.2, 0.25) is 5.02 Å². The van der Waals surface area contributed by atoms with Crippen LogP contribution in [0.25, 0.3) is 5.52 Å². The molecule has 2 rings (SSSR count). The average molecular weight is 301 g/mol. The van der Waals surface area contributed by atoms with Crippen molar-refractivity contribution < 1.29 is 25.8 Å². The van der Waals surface area contributed by atoms with Gasteiger partial charge in [-0.05, 0) is 12.1 Å². The van der Waals surface area contributed by atoms with Gasteiger partial charge in [-0.1, -0.05) is 11.6 Å². The third kappa shape index (κ3) is 2.36. The van der Waals surface area contributed by atoms with Crippen LogP contribution in [0.15, 0.2) is 24.4 Å². The molecule has 10 heteroatoms. The maximum absolute atomic E-state index is 12.1. The molecule has 0 aliphatic carbocycles. The smallest absolute Gasteiger partial charge is 0.354 e. The number of hydrogen-bond acceptors (Lipinski definition) is 4. The van der Waals surface area contributed by atoms with Crippen molar-refractivity contribution in [3.63, 3.8) is 0 Å². The van der Waals surface area contributed by atoms with Gasteiger partial charge in [0.05, 0.1) is 10.5 Å². The largest absolute Gasteiger partial charge is 0.534 e. The van der Waals surface area contributed by atoms with E-state index in [2.05, 4.69) is 9.28 Å². The predicted molar refractivity (Wildman–Crippen MR) is 55.8 cm³/mol. The lowest BCUT2D eigenvalue weighted by atomic mass is 10.4. The Morgan fingerprint density at radius 2 is 2.00 bits per heavy atom. The van der Waals surface area contributed by atoms with Crippen LogP contribution in [-0.4, -0.2) is 23.5 Å². The fourth-order valence-corrected chi connectivity index (χ4v) is 1.69. The molecule has 98 valence electrons. The van der Waals surface area contributed by atoms with Crippen LogP contribution in [0.5, 0.6) is 5.88 Å².